The normalized spacial score (nSPS) is 16.1. The van der Waals surface area contributed by atoms with Crippen molar-refractivity contribution in [2.75, 3.05) is 19.8 Å². The molecule has 3 aromatic heterocycles. The van der Waals surface area contributed by atoms with E-state index in [4.69, 9.17) is 4.74 Å². The second-order valence-corrected chi connectivity index (χ2v) is 7.01. The van der Waals surface area contributed by atoms with Crippen LogP contribution in [-0.2, 0) is 22.6 Å². The summed E-state index contributed by atoms with van der Waals surface area (Å²) in [5.41, 5.74) is 3.71. The first kappa shape index (κ1) is 17.6. The van der Waals surface area contributed by atoms with E-state index >= 15 is 0 Å². The average molecular weight is 392 g/mol. The van der Waals surface area contributed by atoms with Crippen molar-refractivity contribution in [1.82, 2.24) is 29.6 Å². The minimum Gasteiger partial charge on any atom is -0.379 e. The highest BCUT2D eigenvalue weighted by Gasteiger charge is 2.27. The van der Waals surface area contributed by atoms with Gasteiger partial charge >= 0.3 is 0 Å². The molecule has 0 unspecified atom stereocenters. The fourth-order valence-electron chi connectivity index (χ4n) is 3.55. The lowest BCUT2D eigenvalue weighted by molar-refractivity contribution is -0.130. The fourth-order valence-corrected chi connectivity index (χ4v) is 3.55. The molecule has 9 heteroatoms. The van der Waals surface area contributed by atoms with Gasteiger partial charge in [0.15, 0.2) is 5.83 Å². The van der Waals surface area contributed by atoms with Crippen LogP contribution in [0.1, 0.15) is 11.3 Å². The maximum Gasteiger partial charge on any atom is 0.282 e. The zero-order valence-corrected chi connectivity index (χ0v) is 15.5. The zero-order chi connectivity index (χ0) is 20.0. The number of carbonyl (C=O) groups is 1. The molecular formula is C20H17FN6O2. The van der Waals surface area contributed by atoms with Crippen LogP contribution in [0, 0.1) is 17.8 Å². The van der Waals surface area contributed by atoms with Crippen molar-refractivity contribution < 1.29 is 13.9 Å². The lowest BCUT2D eigenvalue weighted by Gasteiger charge is -2.27. The molecule has 5 heterocycles. The van der Waals surface area contributed by atoms with E-state index in [9.17, 15) is 9.18 Å². The zero-order valence-electron chi connectivity index (χ0n) is 15.5. The van der Waals surface area contributed by atoms with Crippen LogP contribution in [0.15, 0.2) is 31.1 Å². The molecule has 0 aliphatic carbocycles. The van der Waals surface area contributed by atoms with Gasteiger partial charge in [0.25, 0.3) is 5.91 Å². The standard InChI is InChI=1S/C20H17FN6O2/c1-12(21)20(28)26-4-5-27-16(8-26)15(7-25-27)18-17-14(3-2-13-9-29-10-13)6-22-19(17)24-11-23-18/h6-7,11,13H,1,4-5,8-10H2,(H,22,23,24). The van der Waals surface area contributed by atoms with Crippen LogP contribution in [-0.4, -0.2) is 55.3 Å². The summed E-state index contributed by atoms with van der Waals surface area (Å²) in [4.78, 5) is 25.4. The Morgan fingerprint density at radius 1 is 1.34 bits per heavy atom. The van der Waals surface area contributed by atoms with Crippen molar-refractivity contribution in [2.24, 2.45) is 5.92 Å². The van der Waals surface area contributed by atoms with Crippen molar-refractivity contribution in [3.63, 3.8) is 0 Å². The van der Waals surface area contributed by atoms with Gasteiger partial charge < -0.3 is 14.6 Å². The van der Waals surface area contributed by atoms with Gasteiger partial charge in [-0.3, -0.25) is 9.48 Å². The van der Waals surface area contributed by atoms with Crippen LogP contribution in [0.3, 0.4) is 0 Å². The van der Waals surface area contributed by atoms with Crippen LogP contribution >= 0.6 is 0 Å². The number of aromatic nitrogens is 5. The minimum absolute atomic E-state index is 0.230. The Morgan fingerprint density at radius 2 is 2.21 bits per heavy atom. The highest BCUT2D eigenvalue weighted by atomic mass is 19.1. The number of carbonyl (C=O) groups excluding carboxylic acids is 1. The summed E-state index contributed by atoms with van der Waals surface area (Å²) in [6.07, 6.45) is 5.01. The van der Waals surface area contributed by atoms with Crippen LogP contribution in [0.25, 0.3) is 22.3 Å². The number of nitrogens with zero attached hydrogens (tertiary/aromatic N) is 5. The van der Waals surface area contributed by atoms with Gasteiger partial charge in [-0.15, -0.1) is 0 Å². The van der Waals surface area contributed by atoms with E-state index < -0.39 is 11.7 Å². The molecule has 0 bridgehead atoms. The Hall–Kier alpha value is -3.51. The lowest BCUT2D eigenvalue weighted by Crippen LogP contribution is -2.38. The van der Waals surface area contributed by atoms with Crippen LogP contribution in [0.4, 0.5) is 4.39 Å². The predicted octanol–water partition coefficient (Wildman–Crippen LogP) is 1.64. The Kier molecular flexibility index (Phi) is 4.14. The molecule has 146 valence electrons. The van der Waals surface area contributed by atoms with Gasteiger partial charge in [0.1, 0.15) is 12.0 Å². The van der Waals surface area contributed by atoms with Crippen LogP contribution < -0.4 is 0 Å². The van der Waals surface area contributed by atoms with Gasteiger partial charge in [0.2, 0.25) is 0 Å². The first-order chi connectivity index (χ1) is 14.1. The minimum atomic E-state index is -0.966. The third-order valence-electron chi connectivity index (χ3n) is 5.16. The van der Waals surface area contributed by atoms with Gasteiger partial charge in [0, 0.05) is 18.3 Å². The molecule has 0 radical (unpaired) electrons. The molecule has 1 fully saturated rings. The van der Waals surface area contributed by atoms with E-state index in [1.165, 1.54) is 11.2 Å². The Labute approximate surface area is 165 Å². The van der Waals surface area contributed by atoms with Crippen molar-refractivity contribution in [3.8, 4) is 23.1 Å². The number of H-pyrrole nitrogens is 1. The molecule has 0 aromatic carbocycles. The molecule has 5 rings (SSSR count). The highest BCUT2D eigenvalue weighted by Crippen LogP contribution is 2.32. The maximum atomic E-state index is 13.4. The van der Waals surface area contributed by atoms with E-state index in [0.717, 1.165) is 22.2 Å². The van der Waals surface area contributed by atoms with Gasteiger partial charge in [-0.05, 0) is 0 Å². The van der Waals surface area contributed by atoms with Crippen molar-refractivity contribution in [1.29, 1.82) is 0 Å². The summed E-state index contributed by atoms with van der Waals surface area (Å²) in [6, 6.07) is 0. The van der Waals surface area contributed by atoms with E-state index in [1.54, 1.807) is 6.20 Å². The maximum absolute atomic E-state index is 13.4. The Bertz CT molecular complexity index is 1200. The Balaban J connectivity index is 1.58. The molecule has 2 aliphatic heterocycles. The molecule has 0 atom stereocenters. The largest absolute Gasteiger partial charge is 0.379 e. The summed E-state index contributed by atoms with van der Waals surface area (Å²) in [6.45, 7) is 5.50. The molecule has 1 amide bonds. The van der Waals surface area contributed by atoms with E-state index in [1.807, 2.05) is 10.9 Å². The number of nitrogens with one attached hydrogen (secondary N) is 1. The molecule has 8 nitrogen and oxygen atoms in total. The summed E-state index contributed by atoms with van der Waals surface area (Å²) in [5.74, 6) is 4.98. The first-order valence-electron chi connectivity index (χ1n) is 9.22. The number of halogens is 1. The third kappa shape index (κ3) is 2.98. The second kappa shape index (κ2) is 6.83. The number of hydrogen-bond donors (Lipinski definition) is 1. The van der Waals surface area contributed by atoms with Gasteiger partial charge in [0.05, 0.1) is 60.8 Å². The number of amides is 1. The van der Waals surface area contributed by atoms with E-state index in [0.29, 0.717) is 37.6 Å². The van der Waals surface area contributed by atoms with Crippen molar-refractivity contribution in [2.45, 2.75) is 13.1 Å². The van der Waals surface area contributed by atoms with Crippen LogP contribution in [0.2, 0.25) is 0 Å². The molecule has 29 heavy (non-hydrogen) atoms. The quantitative estimate of drug-likeness (QED) is 0.529. The number of hydrogen-bond acceptors (Lipinski definition) is 5. The molecule has 1 N–H and O–H groups in total. The second-order valence-electron chi connectivity index (χ2n) is 7.01. The highest BCUT2D eigenvalue weighted by molar-refractivity contribution is 5.96. The summed E-state index contributed by atoms with van der Waals surface area (Å²) < 4.78 is 20.3. The monoisotopic (exact) mass is 392 g/mol. The van der Waals surface area contributed by atoms with E-state index in [2.05, 4.69) is 38.5 Å². The van der Waals surface area contributed by atoms with Crippen molar-refractivity contribution >= 4 is 16.9 Å². The van der Waals surface area contributed by atoms with Gasteiger partial charge in [-0.2, -0.15) is 5.10 Å². The number of aromatic amines is 1. The Morgan fingerprint density at radius 3 is 2.97 bits per heavy atom. The number of rotatable bonds is 2. The third-order valence-corrected chi connectivity index (χ3v) is 5.16. The number of fused-ring (bicyclic) bond motifs is 2. The molecule has 0 saturated carbocycles. The molecule has 0 spiro atoms. The van der Waals surface area contributed by atoms with Crippen molar-refractivity contribution in [3.05, 3.63) is 42.4 Å². The summed E-state index contributed by atoms with van der Waals surface area (Å²) in [7, 11) is 0. The molecule has 1 saturated heterocycles. The fraction of sp³-hybridized carbons (Fsp3) is 0.300. The SMILES string of the molecule is C=C(F)C(=O)N1CCn2ncc(-c3ncnc4[nH]cc(C#CC5COC5)c34)c2C1. The lowest BCUT2D eigenvalue weighted by atomic mass is 10.0. The predicted molar refractivity (Wildman–Crippen MR) is 102 cm³/mol. The van der Waals surface area contributed by atoms with Gasteiger partial charge in [-0.1, -0.05) is 18.4 Å². The smallest absolute Gasteiger partial charge is 0.282 e. The first-order valence-corrected chi connectivity index (χ1v) is 9.22. The van der Waals surface area contributed by atoms with Gasteiger partial charge in [-0.25, -0.2) is 14.4 Å². The molecule has 3 aromatic rings. The summed E-state index contributed by atoms with van der Waals surface area (Å²) >= 11 is 0. The average Bonchev–Trinajstić information content (AvgIpc) is 3.29. The van der Waals surface area contributed by atoms with E-state index in [-0.39, 0.29) is 12.5 Å². The topological polar surface area (TPSA) is 88.9 Å². The molecule has 2 aliphatic rings. The summed E-state index contributed by atoms with van der Waals surface area (Å²) in [5, 5.41) is 5.23. The number of ether oxygens (including phenoxy) is 1. The molecular weight excluding hydrogens is 375 g/mol. The van der Waals surface area contributed by atoms with Crippen LogP contribution in [0.5, 0.6) is 0 Å².